The number of rotatable bonds is 15. The van der Waals surface area contributed by atoms with Gasteiger partial charge in [0.15, 0.2) is 0 Å². The van der Waals surface area contributed by atoms with E-state index in [2.05, 4.69) is 13.8 Å². The molecule has 2 rings (SSSR count). The van der Waals surface area contributed by atoms with Crippen molar-refractivity contribution in [1.82, 2.24) is 0 Å². The SMILES string of the molecule is CCCCCCCC[C@H]1CC[C@H]([C@H]2CC[C@H](OCCCCCCC)CC2)CC1. The van der Waals surface area contributed by atoms with Gasteiger partial charge in [0.2, 0.25) is 0 Å². The van der Waals surface area contributed by atoms with E-state index in [4.69, 9.17) is 4.74 Å². The lowest BCUT2D eigenvalue weighted by Gasteiger charge is -2.38. The maximum atomic E-state index is 6.20. The highest BCUT2D eigenvalue weighted by Crippen LogP contribution is 2.41. The van der Waals surface area contributed by atoms with Crippen LogP contribution in [-0.4, -0.2) is 12.7 Å². The predicted molar refractivity (Wildman–Crippen MR) is 124 cm³/mol. The molecular formula is C27H52O. The third-order valence-corrected chi connectivity index (χ3v) is 7.84. The van der Waals surface area contributed by atoms with E-state index < -0.39 is 0 Å². The smallest absolute Gasteiger partial charge is 0.0575 e. The second kappa shape index (κ2) is 15.8. The molecule has 0 aromatic rings. The Bertz CT molecular complexity index is 302. The molecule has 0 aromatic carbocycles. The Balaban J connectivity index is 1.47. The van der Waals surface area contributed by atoms with Crippen molar-refractivity contribution in [2.75, 3.05) is 6.61 Å². The van der Waals surface area contributed by atoms with Gasteiger partial charge in [-0.05, 0) is 62.7 Å². The molecule has 2 aliphatic rings. The molecule has 0 aromatic heterocycles. The van der Waals surface area contributed by atoms with Gasteiger partial charge >= 0.3 is 0 Å². The fourth-order valence-corrected chi connectivity index (χ4v) is 5.84. The summed E-state index contributed by atoms with van der Waals surface area (Å²) >= 11 is 0. The van der Waals surface area contributed by atoms with Crippen molar-refractivity contribution in [3.8, 4) is 0 Å². The lowest BCUT2D eigenvalue weighted by molar-refractivity contribution is 0.00527. The molecule has 28 heavy (non-hydrogen) atoms. The lowest BCUT2D eigenvalue weighted by Crippen LogP contribution is -2.28. The van der Waals surface area contributed by atoms with Crippen LogP contribution in [0.15, 0.2) is 0 Å². The molecule has 0 heterocycles. The van der Waals surface area contributed by atoms with Gasteiger partial charge < -0.3 is 4.74 Å². The van der Waals surface area contributed by atoms with Crippen molar-refractivity contribution in [3.05, 3.63) is 0 Å². The van der Waals surface area contributed by atoms with E-state index in [1.807, 2.05) is 0 Å². The summed E-state index contributed by atoms with van der Waals surface area (Å²) in [5, 5.41) is 0. The summed E-state index contributed by atoms with van der Waals surface area (Å²) in [6.07, 6.45) is 29.4. The molecule has 1 nitrogen and oxygen atoms in total. The van der Waals surface area contributed by atoms with Gasteiger partial charge in [-0.3, -0.25) is 0 Å². The molecule has 0 atom stereocenters. The molecule has 1 heteroatoms. The van der Waals surface area contributed by atoms with Gasteiger partial charge in [-0.15, -0.1) is 0 Å². The van der Waals surface area contributed by atoms with Crippen LogP contribution in [0.1, 0.15) is 142 Å². The number of hydrogen-bond donors (Lipinski definition) is 0. The minimum atomic E-state index is 0.589. The highest BCUT2D eigenvalue weighted by molar-refractivity contribution is 4.82. The van der Waals surface area contributed by atoms with Gasteiger partial charge in [-0.25, -0.2) is 0 Å². The molecular weight excluding hydrogens is 340 g/mol. The quantitative estimate of drug-likeness (QED) is 0.252. The normalized spacial score (nSPS) is 28.5. The molecule has 2 fully saturated rings. The first-order valence-corrected chi connectivity index (χ1v) is 13.4. The minimum absolute atomic E-state index is 0.589. The summed E-state index contributed by atoms with van der Waals surface area (Å²) in [5.41, 5.74) is 0. The first-order valence-electron chi connectivity index (χ1n) is 13.4. The van der Waals surface area contributed by atoms with Gasteiger partial charge in [-0.1, -0.05) is 97.3 Å². The van der Waals surface area contributed by atoms with E-state index in [9.17, 15) is 0 Å². The Morgan fingerprint density at radius 3 is 1.64 bits per heavy atom. The molecule has 166 valence electrons. The second-order valence-corrected chi connectivity index (χ2v) is 10.2. The van der Waals surface area contributed by atoms with Crippen LogP contribution in [0.5, 0.6) is 0 Å². The van der Waals surface area contributed by atoms with Crippen molar-refractivity contribution < 1.29 is 4.74 Å². The van der Waals surface area contributed by atoms with Gasteiger partial charge in [0.05, 0.1) is 6.10 Å². The summed E-state index contributed by atoms with van der Waals surface area (Å²) in [4.78, 5) is 0. The zero-order valence-electron chi connectivity index (χ0n) is 19.6. The minimum Gasteiger partial charge on any atom is -0.378 e. The van der Waals surface area contributed by atoms with E-state index in [0.29, 0.717) is 6.10 Å². The molecule has 0 bridgehead atoms. The Morgan fingerprint density at radius 1 is 0.536 bits per heavy atom. The second-order valence-electron chi connectivity index (χ2n) is 10.2. The molecule has 2 aliphatic carbocycles. The van der Waals surface area contributed by atoms with E-state index in [-0.39, 0.29) is 0 Å². The summed E-state index contributed by atoms with van der Waals surface area (Å²) < 4.78 is 6.20. The molecule has 0 spiro atoms. The predicted octanol–water partition coefficient (Wildman–Crippen LogP) is 9.09. The van der Waals surface area contributed by atoms with Crippen molar-refractivity contribution >= 4 is 0 Å². The molecule has 0 unspecified atom stereocenters. The van der Waals surface area contributed by atoms with E-state index >= 15 is 0 Å². The zero-order valence-corrected chi connectivity index (χ0v) is 19.6. The average molecular weight is 393 g/mol. The zero-order chi connectivity index (χ0) is 19.9. The van der Waals surface area contributed by atoms with Gasteiger partial charge in [0, 0.05) is 6.61 Å². The molecule has 2 saturated carbocycles. The van der Waals surface area contributed by atoms with Crippen LogP contribution in [0.3, 0.4) is 0 Å². The highest BCUT2D eigenvalue weighted by atomic mass is 16.5. The molecule has 0 saturated heterocycles. The molecule has 0 N–H and O–H groups in total. The summed E-state index contributed by atoms with van der Waals surface area (Å²) in [6, 6.07) is 0. The van der Waals surface area contributed by atoms with Crippen molar-refractivity contribution in [2.45, 2.75) is 148 Å². The fourth-order valence-electron chi connectivity index (χ4n) is 5.84. The Hall–Kier alpha value is -0.0400. The molecule has 0 radical (unpaired) electrons. The summed E-state index contributed by atoms with van der Waals surface area (Å²) in [7, 11) is 0. The third kappa shape index (κ3) is 10.1. The number of hydrogen-bond acceptors (Lipinski definition) is 1. The van der Waals surface area contributed by atoms with E-state index in [0.717, 1.165) is 24.4 Å². The maximum absolute atomic E-state index is 6.20. The molecule has 0 amide bonds. The topological polar surface area (TPSA) is 9.23 Å². The summed E-state index contributed by atoms with van der Waals surface area (Å²) in [5.74, 6) is 3.14. The van der Waals surface area contributed by atoms with Crippen molar-refractivity contribution in [2.24, 2.45) is 17.8 Å². The third-order valence-electron chi connectivity index (χ3n) is 7.84. The Morgan fingerprint density at radius 2 is 1.04 bits per heavy atom. The first-order chi connectivity index (χ1) is 13.8. The van der Waals surface area contributed by atoms with Gasteiger partial charge in [0.25, 0.3) is 0 Å². The van der Waals surface area contributed by atoms with Crippen LogP contribution in [0.4, 0.5) is 0 Å². The van der Waals surface area contributed by atoms with E-state index in [1.165, 1.54) is 128 Å². The van der Waals surface area contributed by atoms with Crippen LogP contribution < -0.4 is 0 Å². The van der Waals surface area contributed by atoms with Crippen LogP contribution in [0.2, 0.25) is 0 Å². The van der Waals surface area contributed by atoms with E-state index in [1.54, 1.807) is 0 Å². The van der Waals surface area contributed by atoms with Crippen LogP contribution >= 0.6 is 0 Å². The van der Waals surface area contributed by atoms with Crippen molar-refractivity contribution in [3.63, 3.8) is 0 Å². The number of ether oxygens (including phenoxy) is 1. The molecule has 0 aliphatic heterocycles. The van der Waals surface area contributed by atoms with Gasteiger partial charge in [-0.2, -0.15) is 0 Å². The lowest BCUT2D eigenvalue weighted by atomic mass is 9.70. The number of unbranched alkanes of at least 4 members (excludes halogenated alkanes) is 9. The Kier molecular flexibility index (Phi) is 13.6. The monoisotopic (exact) mass is 392 g/mol. The van der Waals surface area contributed by atoms with Gasteiger partial charge in [0.1, 0.15) is 0 Å². The fraction of sp³-hybridized carbons (Fsp3) is 1.00. The van der Waals surface area contributed by atoms with Crippen molar-refractivity contribution in [1.29, 1.82) is 0 Å². The Labute approximate surface area is 177 Å². The first kappa shape index (κ1) is 24.2. The average Bonchev–Trinajstić information content (AvgIpc) is 2.74. The highest BCUT2D eigenvalue weighted by Gasteiger charge is 2.30. The van der Waals surface area contributed by atoms with Crippen LogP contribution in [0, 0.1) is 17.8 Å². The maximum Gasteiger partial charge on any atom is 0.0575 e. The standard InChI is InChI=1S/C27H52O/c1-3-5-7-9-10-12-14-24-15-17-25(18-16-24)26-19-21-27(22-20-26)28-23-13-11-8-6-4-2/h24-27H,3-23H2,1-2H3/t24-,25-,26-,27-. The van der Waals surface area contributed by atoms with Crippen LogP contribution in [-0.2, 0) is 4.74 Å². The summed E-state index contributed by atoms with van der Waals surface area (Å²) in [6.45, 7) is 5.62. The van der Waals surface area contributed by atoms with Crippen LogP contribution in [0.25, 0.3) is 0 Å². The largest absolute Gasteiger partial charge is 0.378 e.